The van der Waals surface area contributed by atoms with E-state index in [1.54, 1.807) is 35.3 Å². The van der Waals surface area contributed by atoms with Gasteiger partial charge < -0.3 is 4.57 Å². The van der Waals surface area contributed by atoms with Crippen molar-refractivity contribution in [3.63, 3.8) is 0 Å². The number of aromatic nitrogens is 2. The molecule has 2 heterocycles. The van der Waals surface area contributed by atoms with E-state index in [1.165, 1.54) is 0 Å². The van der Waals surface area contributed by atoms with E-state index >= 15 is 0 Å². The van der Waals surface area contributed by atoms with Crippen LogP contribution in [0.25, 0.3) is 11.1 Å². The summed E-state index contributed by atoms with van der Waals surface area (Å²) in [4.78, 5) is 16.2. The van der Waals surface area contributed by atoms with Crippen molar-refractivity contribution in [1.29, 1.82) is 5.26 Å². The van der Waals surface area contributed by atoms with Gasteiger partial charge in [0.1, 0.15) is 11.6 Å². The summed E-state index contributed by atoms with van der Waals surface area (Å²) in [6.45, 7) is 3.82. The fourth-order valence-electron chi connectivity index (χ4n) is 1.83. The summed E-state index contributed by atoms with van der Waals surface area (Å²) in [5.74, 6) is 0. The molecule has 0 atom stereocenters. The molecule has 0 N–H and O–H groups in total. The zero-order valence-corrected chi connectivity index (χ0v) is 10.3. The van der Waals surface area contributed by atoms with Gasteiger partial charge >= 0.3 is 0 Å². The van der Waals surface area contributed by atoms with Crippen molar-refractivity contribution in [3.05, 3.63) is 52.7 Å². The summed E-state index contributed by atoms with van der Waals surface area (Å²) in [5.41, 5.74) is 1.32. The van der Waals surface area contributed by atoms with Crippen LogP contribution in [0.15, 0.2) is 41.6 Å². The molecular formula is C14H13N3O. The molecule has 0 aliphatic rings. The maximum atomic E-state index is 12.2. The number of rotatable bonds is 2. The van der Waals surface area contributed by atoms with Crippen molar-refractivity contribution in [1.82, 2.24) is 9.55 Å². The molecule has 0 saturated heterocycles. The van der Waals surface area contributed by atoms with Gasteiger partial charge in [0.2, 0.25) is 0 Å². The largest absolute Gasteiger partial charge is 0.312 e. The van der Waals surface area contributed by atoms with E-state index in [0.717, 1.165) is 5.56 Å². The summed E-state index contributed by atoms with van der Waals surface area (Å²) in [5, 5.41) is 9.18. The Morgan fingerprint density at radius 3 is 2.72 bits per heavy atom. The second-order valence-corrected chi connectivity index (χ2v) is 4.26. The Hall–Kier alpha value is -2.41. The molecule has 0 amide bonds. The molecular weight excluding hydrogens is 226 g/mol. The zero-order valence-electron chi connectivity index (χ0n) is 10.3. The van der Waals surface area contributed by atoms with Crippen molar-refractivity contribution < 1.29 is 0 Å². The van der Waals surface area contributed by atoms with Crippen LogP contribution >= 0.6 is 0 Å². The molecule has 0 saturated carbocycles. The highest BCUT2D eigenvalue weighted by Gasteiger charge is 2.12. The molecule has 2 aromatic rings. The van der Waals surface area contributed by atoms with Gasteiger partial charge in [-0.3, -0.25) is 9.78 Å². The summed E-state index contributed by atoms with van der Waals surface area (Å²) < 4.78 is 1.55. The Morgan fingerprint density at radius 2 is 2.17 bits per heavy atom. The average Bonchev–Trinajstić information content (AvgIpc) is 2.39. The van der Waals surface area contributed by atoms with E-state index in [0.29, 0.717) is 5.56 Å². The lowest BCUT2D eigenvalue weighted by Gasteiger charge is -2.12. The highest BCUT2D eigenvalue weighted by Crippen LogP contribution is 2.20. The Bertz CT molecular complexity index is 651. The number of hydrogen-bond donors (Lipinski definition) is 0. The summed E-state index contributed by atoms with van der Waals surface area (Å²) >= 11 is 0. The van der Waals surface area contributed by atoms with Crippen LogP contribution in [0.4, 0.5) is 0 Å². The van der Waals surface area contributed by atoms with E-state index in [1.807, 2.05) is 26.0 Å². The van der Waals surface area contributed by atoms with Crippen molar-refractivity contribution in [3.8, 4) is 17.2 Å². The molecule has 2 rings (SSSR count). The molecule has 4 nitrogen and oxygen atoms in total. The SMILES string of the molecule is CC(C)n1ccc(-c2cccnc2)c(C#N)c1=O. The van der Waals surface area contributed by atoms with Crippen LogP contribution in [-0.4, -0.2) is 9.55 Å². The third-order valence-electron chi connectivity index (χ3n) is 2.76. The normalized spacial score (nSPS) is 10.3. The van der Waals surface area contributed by atoms with E-state index in [9.17, 15) is 10.1 Å². The van der Waals surface area contributed by atoms with Gasteiger partial charge in [0.05, 0.1) is 0 Å². The third-order valence-corrected chi connectivity index (χ3v) is 2.76. The van der Waals surface area contributed by atoms with E-state index in [-0.39, 0.29) is 17.2 Å². The van der Waals surface area contributed by atoms with Crippen LogP contribution in [0.2, 0.25) is 0 Å². The van der Waals surface area contributed by atoms with Gasteiger partial charge in [-0.1, -0.05) is 6.07 Å². The molecule has 18 heavy (non-hydrogen) atoms. The predicted octanol–water partition coefficient (Wildman–Crippen LogP) is 2.36. The molecule has 0 aliphatic heterocycles. The van der Waals surface area contributed by atoms with Crippen LogP contribution in [0, 0.1) is 11.3 Å². The Labute approximate surface area is 105 Å². The van der Waals surface area contributed by atoms with E-state index < -0.39 is 0 Å². The number of hydrogen-bond acceptors (Lipinski definition) is 3. The minimum Gasteiger partial charge on any atom is -0.312 e. The fourth-order valence-corrected chi connectivity index (χ4v) is 1.83. The molecule has 0 aliphatic carbocycles. The Morgan fingerprint density at radius 1 is 1.39 bits per heavy atom. The summed E-state index contributed by atoms with van der Waals surface area (Å²) in [7, 11) is 0. The predicted molar refractivity (Wildman–Crippen MR) is 69.0 cm³/mol. The zero-order chi connectivity index (χ0) is 13.1. The minimum atomic E-state index is -0.256. The fraction of sp³-hybridized carbons (Fsp3) is 0.214. The molecule has 0 aromatic carbocycles. The average molecular weight is 239 g/mol. The molecule has 90 valence electrons. The highest BCUT2D eigenvalue weighted by atomic mass is 16.1. The lowest BCUT2D eigenvalue weighted by Crippen LogP contribution is -2.24. The second-order valence-electron chi connectivity index (χ2n) is 4.26. The van der Waals surface area contributed by atoms with E-state index in [2.05, 4.69) is 4.98 Å². The van der Waals surface area contributed by atoms with Gasteiger partial charge in [0, 0.05) is 35.8 Å². The smallest absolute Gasteiger partial charge is 0.269 e. The quantitative estimate of drug-likeness (QED) is 0.808. The molecule has 0 radical (unpaired) electrons. The first-order valence-corrected chi connectivity index (χ1v) is 5.70. The van der Waals surface area contributed by atoms with Crippen molar-refractivity contribution >= 4 is 0 Å². The van der Waals surface area contributed by atoms with Gasteiger partial charge in [-0.25, -0.2) is 0 Å². The van der Waals surface area contributed by atoms with Crippen molar-refractivity contribution in [2.24, 2.45) is 0 Å². The van der Waals surface area contributed by atoms with Crippen molar-refractivity contribution in [2.45, 2.75) is 19.9 Å². The van der Waals surface area contributed by atoms with Crippen LogP contribution in [0.1, 0.15) is 25.5 Å². The van der Waals surface area contributed by atoms with Gasteiger partial charge in [-0.2, -0.15) is 5.26 Å². The van der Waals surface area contributed by atoms with Crippen LogP contribution in [-0.2, 0) is 0 Å². The summed E-state index contributed by atoms with van der Waals surface area (Å²) in [6.07, 6.45) is 5.02. The number of pyridine rings is 2. The Kier molecular flexibility index (Phi) is 3.24. The standard InChI is InChI=1S/C14H13N3O/c1-10(2)17-7-5-12(13(8-15)14(17)18)11-4-3-6-16-9-11/h3-7,9-10H,1-2H3. The number of nitriles is 1. The summed E-state index contributed by atoms with van der Waals surface area (Å²) in [6, 6.07) is 7.44. The maximum Gasteiger partial charge on any atom is 0.269 e. The monoisotopic (exact) mass is 239 g/mol. The van der Waals surface area contributed by atoms with Crippen LogP contribution in [0.5, 0.6) is 0 Å². The first-order chi connectivity index (χ1) is 8.65. The highest BCUT2D eigenvalue weighted by molar-refractivity contribution is 5.68. The molecule has 0 unspecified atom stereocenters. The van der Waals surface area contributed by atoms with Gasteiger partial charge in [-0.05, 0) is 26.0 Å². The van der Waals surface area contributed by atoms with Crippen LogP contribution in [0.3, 0.4) is 0 Å². The van der Waals surface area contributed by atoms with Gasteiger partial charge in [0.25, 0.3) is 5.56 Å². The lowest BCUT2D eigenvalue weighted by atomic mass is 10.0. The molecule has 0 fully saturated rings. The van der Waals surface area contributed by atoms with Crippen LogP contribution < -0.4 is 5.56 Å². The van der Waals surface area contributed by atoms with Crippen molar-refractivity contribution in [2.75, 3.05) is 0 Å². The number of nitrogens with zero attached hydrogens (tertiary/aromatic N) is 3. The first kappa shape index (κ1) is 12.1. The molecule has 0 spiro atoms. The second kappa shape index (κ2) is 4.84. The van der Waals surface area contributed by atoms with Gasteiger partial charge in [0.15, 0.2) is 0 Å². The minimum absolute atomic E-state index is 0.0348. The lowest BCUT2D eigenvalue weighted by molar-refractivity contribution is 0.577. The molecule has 2 aromatic heterocycles. The molecule has 4 heteroatoms. The third kappa shape index (κ3) is 2.03. The van der Waals surface area contributed by atoms with E-state index in [4.69, 9.17) is 0 Å². The van der Waals surface area contributed by atoms with Gasteiger partial charge in [-0.15, -0.1) is 0 Å². The topological polar surface area (TPSA) is 58.7 Å². The maximum absolute atomic E-state index is 12.2. The molecule has 0 bridgehead atoms. The first-order valence-electron chi connectivity index (χ1n) is 5.70. The Balaban J connectivity index is 2.69.